The summed E-state index contributed by atoms with van der Waals surface area (Å²) in [7, 11) is 0. The minimum absolute atomic E-state index is 0.0200. The van der Waals surface area contributed by atoms with Crippen molar-refractivity contribution in [2.75, 3.05) is 9.80 Å². The molecule has 1 atom stereocenters. The van der Waals surface area contributed by atoms with Crippen LogP contribution in [0.1, 0.15) is 26.3 Å². The first-order valence-corrected chi connectivity index (χ1v) is 9.47. The topological polar surface area (TPSA) is 45.4 Å². The largest absolute Gasteiger partial charge is 0.454 e. The smallest absolute Gasteiger partial charge is 0.178 e. The Morgan fingerprint density at radius 3 is 2.50 bits per heavy atom. The molecule has 5 nitrogen and oxygen atoms in total. The number of benzene rings is 2. The van der Waals surface area contributed by atoms with Gasteiger partial charge in [0.2, 0.25) is 0 Å². The molecule has 1 aliphatic heterocycles. The molecule has 0 bridgehead atoms. The maximum absolute atomic E-state index is 13.7. The molecule has 2 aromatic carbocycles. The lowest BCUT2D eigenvalue weighted by Gasteiger charge is -2.32. The molecular formula is C22H21FN4O. The van der Waals surface area contributed by atoms with E-state index in [4.69, 9.17) is 4.42 Å². The first-order valence-electron chi connectivity index (χ1n) is 9.47. The monoisotopic (exact) mass is 376 g/mol. The first kappa shape index (κ1) is 17.0. The zero-order valence-electron chi connectivity index (χ0n) is 16.3. The van der Waals surface area contributed by atoms with Gasteiger partial charge >= 0.3 is 0 Å². The van der Waals surface area contributed by atoms with Gasteiger partial charge in [-0.15, -0.1) is 0 Å². The van der Waals surface area contributed by atoms with E-state index >= 15 is 0 Å². The van der Waals surface area contributed by atoms with Gasteiger partial charge in [0, 0.05) is 35.3 Å². The van der Waals surface area contributed by atoms with E-state index in [0.717, 1.165) is 39.2 Å². The minimum Gasteiger partial charge on any atom is -0.454 e. The molecule has 2 aromatic heterocycles. The van der Waals surface area contributed by atoms with Crippen LogP contribution in [0.15, 0.2) is 47.1 Å². The Labute approximate surface area is 162 Å². The summed E-state index contributed by atoms with van der Waals surface area (Å²) in [5.41, 5.74) is 3.32. The average Bonchev–Trinajstić information content (AvgIpc) is 3.16. The molecule has 0 saturated heterocycles. The molecule has 0 saturated carbocycles. The molecule has 0 aliphatic carbocycles. The summed E-state index contributed by atoms with van der Waals surface area (Å²) >= 11 is 0. The van der Waals surface area contributed by atoms with Crippen molar-refractivity contribution in [3.63, 3.8) is 0 Å². The summed E-state index contributed by atoms with van der Waals surface area (Å²) in [5, 5.41) is 1.88. The summed E-state index contributed by atoms with van der Waals surface area (Å²) in [4.78, 5) is 13.7. The number of fused-ring (bicyclic) bond motifs is 4. The van der Waals surface area contributed by atoms with E-state index in [2.05, 4.69) is 53.5 Å². The number of rotatable bonds is 2. The number of hydrogen-bond acceptors (Lipinski definition) is 5. The van der Waals surface area contributed by atoms with E-state index in [0.29, 0.717) is 5.58 Å². The van der Waals surface area contributed by atoms with E-state index in [1.54, 1.807) is 18.5 Å². The zero-order chi connectivity index (χ0) is 19.6. The molecule has 0 fully saturated rings. The van der Waals surface area contributed by atoms with Gasteiger partial charge in [-0.05, 0) is 45.4 Å². The minimum atomic E-state index is -0.304. The summed E-state index contributed by atoms with van der Waals surface area (Å²) in [6.45, 7) is 8.50. The van der Waals surface area contributed by atoms with Crippen LogP contribution >= 0.6 is 0 Å². The lowest BCUT2D eigenvalue weighted by atomic mass is 10.1. The second-order valence-corrected chi connectivity index (χ2v) is 7.56. The van der Waals surface area contributed by atoms with Crippen molar-refractivity contribution in [1.82, 2.24) is 9.97 Å². The molecule has 1 aliphatic rings. The predicted octanol–water partition coefficient (Wildman–Crippen LogP) is 5.54. The number of aryl methyl sites for hydroxylation is 1. The Balaban J connectivity index is 1.82. The second kappa shape index (κ2) is 5.92. The SMILES string of the molecule is Cc1ccc2c(oc3cc(F)ccc32)c1N1c2nccnc2N(C(C)C)[C@@H]1C. The molecule has 0 spiro atoms. The molecule has 0 unspecified atom stereocenters. The van der Waals surface area contributed by atoms with Crippen molar-refractivity contribution >= 4 is 39.3 Å². The first-order chi connectivity index (χ1) is 13.5. The van der Waals surface area contributed by atoms with E-state index in [1.165, 1.54) is 12.1 Å². The van der Waals surface area contributed by atoms with Crippen LogP contribution in [0.25, 0.3) is 21.9 Å². The summed E-state index contributed by atoms with van der Waals surface area (Å²) < 4.78 is 19.9. The molecule has 0 N–H and O–H groups in total. The summed E-state index contributed by atoms with van der Waals surface area (Å²) in [5.74, 6) is 1.37. The van der Waals surface area contributed by atoms with Crippen molar-refractivity contribution in [3.8, 4) is 0 Å². The Hall–Kier alpha value is -3.15. The van der Waals surface area contributed by atoms with Crippen LogP contribution in [-0.4, -0.2) is 22.2 Å². The van der Waals surface area contributed by atoms with Gasteiger partial charge in [0.1, 0.15) is 17.6 Å². The third-order valence-corrected chi connectivity index (χ3v) is 5.49. The normalized spacial score (nSPS) is 16.6. The maximum Gasteiger partial charge on any atom is 0.178 e. The maximum atomic E-state index is 13.7. The van der Waals surface area contributed by atoms with Gasteiger partial charge in [-0.25, -0.2) is 14.4 Å². The van der Waals surface area contributed by atoms with Crippen molar-refractivity contribution in [2.45, 2.75) is 39.9 Å². The molecule has 4 aromatic rings. The van der Waals surface area contributed by atoms with Gasteiger partial charge in [0.05, 0.1) is 5.69 Å². The Morgan fingerprint density at radius 1 is 1.04 bits per heavy atom. The van der Waals surface area contributed by atoms with Crippen LogP contribution in [-0.2, 0) is 0 Å². The number of anilines is 3. The highest BCUT2D eigenvalue weighted by atomic mass is 19.1. The highest BCUT2D eigenvalue weighted by Crippen LogP contribution is 2.47. The molecular weight excluding hydrogens is 355 g/mol. The van der Waals surface area contributed by atoms with Gasteiger partial charge in [0.15, 0.2) is 17.2 Å². The second-order valence-electron chi connectivity index (χ2n) is 7.56. The van der Waals surface area contributed by atoms with Gasteiger partial charge < -0.3 is 9.32 Å². The number of hydrogen-bond donors (Lipinski definition) is 0. The summed E-state index contributed by atoms with van der Waals surface area (Å²) in [6, 6.07) is 9.07. The van der Waals surface area contributed by atoms with Crippen LogP contribution in [0, 0.1) is 12.7 Å². The number of halogens is 1. The molecule has 142 valence electrons. The van der Waals surface area contributed by atoms with Gasteiger partial charge in [-0.1, -0.05) is 12.1 Å². The van der Waals surface area contributed by atoms with Crippen LogP contribution in [0.3, 0.4) is 0 Å². The van der Waals surface area contributed by atoms with Crippen LogP contribution in [0.5, 0.6) is 0 Å². The highest BCUT2D eigenvalue weighted by molar-refractivity contribution is 6.10. The summed E-state index contributed by atoms with van der Waals surface area (Å²) in [6.07, 6.45) is 3.46. The lowest BCUT2D eigenvalue weighted by molar-refractivity contribution is 0.596. The number of aromatic nitrogens is 2. The molecule has 5 rings (SSSR count). The quantitative estimate of drug-likeness (QED) is 0.460. The number of nitrogens with zero attached hydrogens (tertiary/aromatic N) is 4. The fourth-order valence-corrected chi connectivity index (χ4v) is 4.32. The molecule has 0 amide bonds. The van der Waals surface area contributed by atoms with Crippen molar-refractivity contribution in [3.05, 3.63) is 54.1 Å². The van der Waals surface area contributed by atoms with Crippen molar-refractivity contribution < 1.29 is 8.81 Å². The Morgan fingerprint density at radius 2 is 1.75 bits per heavy atom. The van der Waals surface area contributed by atoms with E-state index in [9.17, 15) is 4.39 Å². The van der Waals surface area contributed by atoms with E-state index in [1.807, 2.05) is 6.07 Å². The number of furan rings is 1. The molecule has 6 heteroatoms. The Bertz CT molecular complexity index is 1220. The predicted molar refractivity (Wildman–Crippen MR) is 110 cm³/mol. The Kier molecular flexibility index (Phi) is 3.59. The fraction of sp³-hybridized carbons (Fsp3) is 0.273. The van der Waals surface area contributed by atoms with Crippen molar-refractivity contribution in [2.24, 2.45) is 0 Å². The van der Waals surface area contributed by atoms with Crippen LogP contribution in [0.2, 0.25) is 0 Å². The molecule has 0 radical (unpaired) electrons. The van der Waals surface area contributed by atoms with Crippen LogP contribution in [0.4, 0.5) is 21.7 Å². The van der Waals surface area contributed by atoms with Gasteiger partial charge in [-0.2, -0.15) is 0 Å². The van der Waals surface area contributed by atoms with Crippen molar-refractivity contribution in [1.29, 1.82) is 0 Å². The van der Waals surface area contributed by atoms with Gasteiger partial charge in [0.25, 0.3) is 0 Å². The molecule has 28 heavy (non-hydrogen) atoms. The van der Waals surface area contributed by atoms with E-state index in [-0.39, 0.29) is 18.0 Å². The zero-order valence-corrected chi connectivity index (χ0v) is 16.3. The van der Waals surface area contributed by atoms with Gasteiger partial charge in [-0.3, -0.25) is 4.90 Å². The third kappa shape index (κ3) is 2.24. The highest BCUT2D eigenvalue weighted by Gasteiger charge is 2.39. The standard InChI is InChI=1S/C22H21FN4O/c1-12(2)26-14(4)27(22-21(26)24-9-10-25-22)19-13(3)5-7-17-16-8-6-15(23)11-18(16)28-20(17)19/h5-12,14H,1-4H3/t14-/m0/s1. The average molecular weight is 376 g/mol. The lowest BCUT2D eigenvalue weighted by Crippen LogP contribution is -2.42. The molecule has 3 heterocycles. The van der Waals surface area contributed by atoms with E-state index < -0.39 is 0 Å². The fourth-order valence-electron chi connectivity index (χ4n) is 4.32. The third-order valence-electron chi connectivity index (χ3n) is 5.49. The van der Waals surface area contributed by atoms with Crippen LogP contribution < -0.4 is 9.80 Å².